The van der Waals surface area contributed by atoms with Gasteiger partial charge in [0.25, 0.3) is 0 Å². The van der Waals surface area contributed by atoms with Crippen LogP contribution in [-0.2, 0) is 9.53 Å². The SMILES string of the molecule is C[C@@H]1CN(C(=O)C2CCN(Nc3ccccc3)CC2)C[C@H](C)O1. The maximum Gasteiger partial charge on any atom is 0.225 e. The van der Waals surface area contributed by atoms with E-state index in [1.807, 2.05) is 36.9 Å². The summed E-state index contributed by atoms with van der Waals surface area (Å²) in [6.45, 7) is 7.35. The molecule has 5 heteroatoms. The van der Waals surface area contributed by atoms with Crippen molar-refractivity contribution in [1.82, 2.24) is 9.91 Å². The monoisotopic (exact) mass is 317 g/mol. The second kappa shape index (κ2) is 7.32. The Labute approximate surface area is 138 Å². The first-order valence-corrected chi connectivity index (χ1v) is 8.62. The van der Waals surface area contributed by atoms with Gasteiger partial charge in [-0.15, -0.1) is 0 Å². The van der Waals surface area contributed by atoms with Crippen molar-refractivity contribution < 1.29 is 9.53 Å². The van der Waals surface area contributed by atoms with Gasteiger partial charge in [-0.05, 0) is 38.8 Å². The molecule has 1 aromatic carbocycles. The second-order valence-corrected chi connectivity index (χ2v) is 6.74. The Kier molecular flexibility index (Phi) is 5.18. The van der Waals surface area contributed by atoms with Crippen molar-refractivity contribution in [1.29, 1.82) is 0 Å². The van der Waals surface area contributed by atoms with E-state index in [1.165, 1.54) is 0 Å². The van der Waals surface area contributed by atoms with Gasteiger partial charge in [0.05, 0.1) is 12.2 Å². The zero-order valence-electron chi connectivity index (χ0n) is 14.1. The molecular formula is C18H27N3O2. The Morgan fingerprint density at radius 3 is 2.30 bits per heavy atom. The molecular weight excluding hydrogens is 290 g/mol. The van der Waals surface area contributed by atoms with Gasteiger partial charge in [0.2, 0.25) is 5.91 Å². The molecule has 2 fully saturated rings. The summed E-state index contributed by atoms with van der Waals surface area (Å²) < 4.78 is 5.73. The molecule has 1 aromatic rings. The average Bonchev–Trinajstić information content (AvgIpc) is 2.55. The van der Waals surface area contributed by atoms with E-state index in [0.717, 1.165) is 44.7 Å². The van der Waals surface area contributed by atoms with Gasteiger partial charge in [0, 0.05) is 37.8 Å². The van der Waals surface area contributed by atoms with Gasteiger partial charge in [0.1, 0.15) is 0 Å². The summed E-state index contributed by atoms with van der Waals surface area (Å²) in [4.78, 5) is 14.7. The van der Waals surface area contributed by atoms with Crippen LogP contribution in [0.4, 0.5) is 5.69 Å². The summed E-state index contributed by atoms with van der Waals surface area (Å²) in [5.41, 5.74) is 4.53. The fraction of sp³-hybridized carbons (Fsp3) is 0.611. The standard InChI is InChI=1S/C18H27N3O2/c1-14-12-20(13-15(2)23-14)18(22)16-8-10-21(11-9-16)19-17-6-4-3-5-7-17/h3-7,14-16,19H,8-13H2,1-2H3/t14-,15+. The minimum atomic E-state index is 0.141. The van der Waals surface area contributed by atoms with Crippen molar-refractivity contribution >= 4 is 11.6 Å². The zero-order valence-corrected chi connectivity index (χ0v) is 14.1. The highest BCUT2D eigenvalue weighted by Gasteiger charge is 2.32. The number of rotatable bonds is 3. The van der Waals surface area contributed by atoms with Gasteiger partial charge >= 0.3 is 0 Å². The molecule has 0 spiro atoms. The molecule has 0 aliphatic carbocycles. The molecule has 3 rings (SSSR count). The van der Waals surface area contributed by atoms with Gasteiger partial charge < -0.3 is 15.1 Å². The molecule has 23 heavy (non-hydrogen) atoms. The summed E-state index contributed by atoms with van der Waals surface area (Å²) in [5, 5.41) is 2.21. The summed E-state index contributed by atoms with van der Waals surface area (Å²) >= 11 is 0. The van der Waals surface area contributed by atoms with Crippen LogP contribution < -0.4 is 5.43 Å². The number of hydrogen-bond donors (Lipinski definition) is 1. The minimum absolute atomic E-state index is 0.141. The molecule has 5 nitrogen and oxygen atoms in total. The number of carbonyl (C=O) groups is 1. The van der Waals surface area contributed by atoms with Crippen molar-refractivity contribution in [2.24, 2.45) is 5.92 Å². The van der Waals surface area contributed by atoms with Crippen LogP contribution >= 0.6 is 0 Å². The first-order valence-electron chi connectivity index (χ1n) is 8.62. The topological polar surface area (TPSA) is 44.8 Å². The Balaban J connectivity index is 1.49. The van der Waals surface area contributed by atoms with Gasteiger partial charge in [-0.25, -0.2) is 5.01 Å². The molecule has 2 heterocycles. The Bertz CT molecular complexity index is 504. The number of anilines is 1. The van der Waals surface area contributed by atoms with Gasteiger partial charge in [-0.3, -0.25) is 4.79 Å². The number of morpholine rings is 1. The fourth-order valence-electron chi connectivity index (χ4n) is 3.55. The number of nitrogens with zero attached hydrogens (tertiary/aromatic N) is 2. The number of para-hydroxylation sites is 1. The Morgan fingerprint density at radius 1 is 1.09 bits per heavy atom. The van der Waals surface area contributed by atoms with E-state index in [-0.39, 0.29) is 18.1 Å². The molecule has 0 unspecified atom stereocenters. The van der Waals surface area contributed by atoms with Crippen LogP contribution in [0.15, 0.2) is 30.3 Å². The summed E-state index contributed by atoms with van der Waals surface area (Å²) in [6, 6.07) is 10.2. The summed E-state index contributed by atoms with van der Waals surface area (Å²) in [7, 11) is 0. The van der Waals surface area contributed by atoms with E-state index < -0.39 is 0 Å². The lowest BCUT2D eigenvalue weighted by Gasteiger charge is -2.39. The third-order valence-electron chi connectivity index (χ3n) is 4.64. The second-order valence-electron chi connectivity index (χ2n) is 6.74. The van der Waals surface area contributed by atoms with E-state index in [1.54, 1.807) is 0 Å². The number of amides is 1. The highest BCUT2D eigenvalue weighted by Crippen LogP contribution is 2.22. The molecule has 0 saturated carbocycles. The van der Waals surface area contributed by atoms with E-state index in [9.17, 15) is 4.79 Å². The lowest BCUT2D eigenvalue weighted by Crippen LogP contribution is -2.51. The van der Waals surface area contributed by atoms with Gasteiger partial charge in [0.15, 0.2) is 0 Å². The van der Waals surface area contributed by atoms with Crippen molar-refractivity contribution in [2.45, 2.75) is 38.9 Å². The van der Waals surface area contributed by atoms with Gasteiger partial charge in [-0.1, -0.05) is 18.2 Å². The van der Waals surface area contributed by atoms with E-state index in [4.69, 9.17) is 4.74 Å². The van der Waals surface area contributed by atoms with Crippen molar-refractivity contribution in [3.63, 3.8) is 0 Å². The van der Waals surface area contributed by atoms with Crippen LogP contribution in [0.5, 0.6) is 0 Å². The number of carbonyl (C=O) groups excluding carboxylic acids is 1. The highest BCUT2D eigenvalue weighted by molar-refractivity contribution is 5.79. The fourth-order valence-corrected chi connectivity index (χ4v) is 3.55. The zero-order chi connectivity index (χ0) is 16.2. The largest absolute Gasteiger partial charge is 0.372 e. The lowest BCUT2D eigenvalue weighted by molar-refractivity contribution is -0.148. The molecule has 1 N–H and O–H groups in total. The number of benzene rings is 1. The first-order chi connectivity index (χ1) is 11.1. The summed E-state index contributed by atoms with van der Waals surface area (Å²) in [6.07, 6.45) is 2.11. The van der Waals surface area contributed by atoms with Crippen LogP contribution in [0.3, 0.4) is 0 Å². The van der Waals surface area contributed by atoms with Crippen LogP contribution in [-0.4, -0.2) is 54.2 Å². The Hall–Kier alpha value is -1.59. The third kappa shape index (κ3) is 4.24. The molecule has 1 amide bonds. The van der Waals surface area contributed by atoms with E-state index in [0.29, 0.717) is 5.91 Å². The van der Waals surface area contributed by atoms with Crippen molar-refractivity contribution in [3.8, 4) is 0 Å². The maximum absolute atomic E-state index is 12.7. The molecule has 2 aliphatic heterocycles. The first kappa shape index (κ1) is 16.3. The normalized spacial score (nSPS) is 27.0. The van der Waals surface area contributed by atoms with Crippen LogP contribution in [0.25, 0.3) is 0 Å². The van der Waals surface area contributed by atoms with Crippen molar-refractivity contribution in [3.05, 3.63) is 30.3 Å². The number of ether oxygens (including phenoxy) is 1. The van der Waals surface area contributed by atoms with E-state index >= 15 is 0 Å². The van der Waals surface area contributed by atoms with E-state index in [2.05, 4.69) is 22.6 Å². The molecule has 2 aliphatic rings. The van der Waals surface area contributed by atoms with Gasteiger partial charge in [-0.2, -0.15) is 0 Å². The minimum Gasteiger partial charge on any atom is -0.372 e. The lowest BCUT2D eigenvalue weighted by atomic mass is 9.95. The highest BCUT2D eigenvalue weighted by atomic mass is 16.5. The predicted molar refractivity (Wildman–Crippen MR) is 91.0 cm³/mol. The number of piperidine rings is 1. The number of nitrogens with one attached hydrogen (secondary N) is 1. The molecule has 0 radical (unpaired) electrons. The van der Waals surface area contributed by atoms with Crippen LogP contribution in [0, 0.1) is 5.92 Å². The third-order valence-corrected chi connectivity index (χ3v) is 4.64. The molecule has 0 aromatic heterocycles. The quantitative estimate of drug-likeness (QED) is 0.929. The van der Waals surface area contributed by atoms with Crippen LogP contribution in [0.1, 0.15) is 26.7 Å². The molecule has 126 valence electrons. The smallest absolute Gasteiger partial charge is 0.225 e. The molecule has 0 bridgehead atoms. The molecule has 2 atom stereocenters. The van der Waals surface area contributed by atoms with Crippen molar-refractivity contribution in [2.75, 3.05) is 31.6 Å². The Morgan fingerprint density at radius 2 is 1.70 bits per heavy atom. The van der Waals surface area contributed by atoms with Crippen LogP contribution in [0.2, 0.25) is 0 Å². The number of hydrazine groups is 1. The molecule has 2 saturated heterocycles. The summed E-state index contributed by atoms with van der Waals surface area (Å²) in [5.74, 6) is 0.465. The number of hydrogen-bond acceptors (Lipinski definition) is 4. The predicted octanol–water partition coefficient (Wildman–Crippen LogP) is 2.36. The maximum atomic E-state index is 12.7. The average molecular weight is 317 g/mol.